The molecule has 2 unspecified atom stereocenters. The highest BCUT2D eigenvalue weighted by Crippen LogP contribution is 2.23. The second-order valence-electron chi connectivity index (χ2n) is 4.68. The Kier molecular flexibility index (Phi) is 4.39. The minimum atomic E-state index is 0.153. The maximum atomic E-state index is 9.81. The van der Waals surface area contributed by atoms with Crippen LogP contribution in [0.25, 0.3) is 0 Å². The van der Waals surface area contributed by atoms with Crippen molar-refractivity contribution in [2.75, 3.05) is 0 Å². The quantitative estimate of drug-likeness (QED) is 0.859. The SMILES string of the molecule is CC(Cc1ccsc1)NC(C)c1ccccc1O. The van der Waals surface area contributed by atoms with E-state index in [1.807, 2.05) is 18.2 Å². The summed E-state index contributed by atoms with van der Waals surface area (Å²) in [5, 5.41) is 17.6. The number of phenols is 1. The summed E-state index contributed by atoms with van der Waals surface area (Å²) in [4.78, 5) is 0. The summed E-state index contributed by atoms with van der Waals surface area (Å²) in [7, 11) is 0. The second kappa shape index (κ2) is 6.03. The third kappa shape index (κ3) is 3.34. The number of nitrogens with one attached hydrogen (secondary N) is 1. The average molecular weight is 261 g/mol. The van der Waals surface area contributed by atoms with Gasteiger partial charge in [-0.25, -0.2) is 0 Å². The summed E-state index contributed by atoms with van der Waals surface area (Å²) >= 11 is 1.73. The van der Waals surface area contributed by atoms with Crippen molar-refractivity contribution in [1.29, 1.82) is 0 Å². The molecule has 0 aliphatic rings. The first-order valence-corrected chi connectivity index (χ1v) is 7.16. The third-order valence-electron chi connectivity index (χ3n) is 3.06. The van der Waals surface area contributed by atoms with Crippen LogP contribution in [0, 0.1) is 0 Å². The van der Waals surface area contributed by atoms with E-state index in [9.17, 15) is 5.11 Å². The molecule has 0 fully saturated rings. The first kappa shape index (κ1) is 13.1. The number of benzene rings is 1. The van der Waals surface area contributed by atoms with Crippen LogP contribution in [0.3, 0.4) is 0 Å². The summed E-state index contributed by atoms with van der Waals surface area (Å²) in [6.07, 6.45) is 1.02. The van der Waals surface area contributed by atoms with Crippen LogP contribution in [0.15, 0.2) is 41.1 Å². The fraction of sp³-hybridized carbons (Fsp3) is 0.333. The molecule has 0 saturated carbocycles. The molecule has 96 valence electrons. The van der Waals surface area contributed by atoms with E-state index in [2.05, 4.69) is 36.0 Å². The van der Waals surface area contributed by atoms with Crippen LogP contribution in [0.4, 0.5) is 0 Å². The minimum absolute atomic E-state index is 0.153. The highest BCUT2D eigenvalue weighted by atomic mass is 32.1. The molecule has 2 nitrogen and oxygen atoms in total. The Balaban J connectivity index is 1.95. The van der Waals surface area contributed by atoms with Crippen molar-refractivity contribution in [3.63, 3.8) is 0 Å². The van der Waals surface area contributed by atoms with E-state index < -0.39 is 0 Å². The van der Waals surface area contributed by atoms with Gasteiger partial charge in [0.2, 0.25) is 0 Å². The number of rotatable bonds is 5. The molecule has 0 amide bonds. The van der Waals surface area contributed by atoms with Gasteiger partial charge in [0.05, 0.1) is 0 Å². The molecule has 0 radical (unpaired) electrons. The van der Waals surface area contributed by atoms with E-state index in [1.54, 1.807) is 17.4 Å². The summed E-state index contributed by atoms with van der Waals surface area (Å²) in [6, 6.07) is 10.2. The van der Waals surface area contributed by atoms with Gasteiger partial charge in [-0.2, -0.15) is 11.3 Å². The molecule has 1 aromatic heterocycles. The fourth-order valence-electron chi connectivity index (χ4n) is 2.19. The van der Waals surface area contributed by atoms with Gasteiger partial charge in [-0.15, -0.1) is 0 Å². The zero-order chi connectivity index (χ0) is 13.0. The lowest BCUT2D eigenvalue weighted by Crippen LogP contribution is -2.30. The second-order valence-corrected chi connectivity index (χ2v) is 5.46. The van der Waals surface area contributed by atoms with Crippen LogP contribution in [0.5, 0.6) is 5.75 Å². The van der Waals surface area contributed by atoms with Gasteiger partial charge in [0.1, 0.15) is 5.75 Å². The summed E-state index contributed by atoms with van der Waals surface area (Å²) in [6.45, 7) is 4.26. The predicted octanol–water partition coefficient (Wildman–Crippen LogP) is 3.74. The zero-order valence-electron chi connectivity index (χ0n) is 10.8. The van der Waals surface area contributed by atoms with Crippen molar-refractivity contribution in [3.05, 3.63) is 52.2 Å². The van der Waals surface area contributed by atoms with Gasteiger partial charge in [0.15, 0.2) is 0 Å². The number of hydrogen-bond acceptors (Lipinski definition) is 3. The Hall–Kier alpha value is -1.32. The van der Waals surface area contributed by atoms with Crippen LogP contribution in [0.2, 0.25) is 0 Å². The molecule has 0 spiro atoms. The van der Waals surface area contributed by atoms with Gasteiger partial charge in [-0.1, -0.05) is 18.2 Å². The maximum absolute atomic E-state index is 9.81. The minimum Gasteiger partial charge on any atom is -0.508 e. The van der Waals surface area contributed by atoms with Crippen molar-refractivity contribution in [2.45, 2.75) is 32.4 Å². The van der Waals surface area contributed by atoms with Crippen LogP contribution in [0.1, 0.15) is 31.0 Å². The van der Waals surface area contributed by atoms with E-state index in [-0.39, 0.29) is 6.04 Å². The van der Waals surface area contributed by atoms with Crippen LogP contribution < -0.4 is 5.32 Å². The average Bonchev–Trinajstić information content (AvgIpc) is 2.82. The van der Waals surface area contributed by atoms with Gasteiger partial charge in [0.25, 0.3) is 0 Å². The largest absolute Gasteiger partial charge is 0.508 e. The van der Waals surface area contributed by atoms with Crippen LogP contribution in [-0.4, -0.2) is 11.1 Å². The Morgan fingerprint density at radius 1 is 1.22 bits per heavy atom. The highest BCUT2D eigenvalue weighted by Gasteiger charge is 2.12. The molecule has 3 heteroatoms. The molecule has 0 aliphatic carbocycles. The molecular formula is C15H19NOS. The summed E-state index contributed by atoms with van der Waals surface area (Å²) in [5.74, 6) is 0.361. The molecule has 1 heterocycles. The molecule has 0 saturated heterocycles. The number of para-hydroxylation sites is 1. The standard InChI is InChI=1S/C15H19NOS/c1-11(9-13-7-8-18-10-13)16-12(2)14-5-3-4-6-15(14)17/h3-8,10-12,16-17H,9H2,1-2H3. The van der Waals surface area contributed by atoms with Gasteiger partial charge in [0, 0.05) is 17.6 Å². The Bertz CT molecular complexity index is 481. The first-order valence-electron chi connectivity index (χ1n) is 6.22. The lowest BCUT2D eigenvalue weighted by Gasteiger charge is -2.20. The first-order chi connectivity index (χ1) is 8.66. The number of aromatic hydroxyl groups is 1. The van der Waals surface area contributed by atoms with Gasteiger partial charge < -0.3 is 10.4 Å². The topological polar surface area (TPSA) is 32.3 Å². The predicted molar refractivity (Wildman–Crippen MR) is 77.1 cm³/mol. The molecule has 18 heavy (non-hydrogen) atoms. The normalized spacial score (nSPS) is 14.3. The van der Waals surface area contributed by atoms with Crippen molar-refractivity contribution in [3.8, 4) is 5.75 Å². The van der Waals surface area contributed by atoms with E-state index in [0.717, 1.165) is 12.0 Å². The van der Waals surface area contributed by atoms with E-state index in [0.29, 0.717) is 11.8 Å². The number of hydrogen-bond donors (Lipinski definition) is 2. The monoisotopic (exact) mass is 261 g/mol. The molecule has 1 aromatic carbocycles. The molecular weight excluding hydrogens is 242 g/mol. The highest BCUT2D eigenvalue weighted by molar-refractivity contribution is 7.07. The van der Waals surface area contributed by atoms with Crippen LogP contribution >= 0.6 is 11.3 Å². The molecule has 2 N–H and O–H groups in total. The molecule has 2 aromatic rings. The number of thiophene rings is 1. The molecule has 0 bridgehead atoms. The zero-order valence-corrected chi connectivity index (χ0v) is 11.6. The Morgan fingerprint density at radius 2 is 2.00 bits per heavy atom. The van der Waals surface area contributed by atoms with E-state index >= 15 is 0 Å². The number of phenolic OH excluding ortho intramolecular Hbond substituents is 1. The van der Waals surface area contributed by atoms with Crippen LogP contribution in [-0.2, 0) is 6.42 Å². The summed E-state index contributed by atoms with van der Waals surface area (Å²) < 4.78 is 0. The van der Waals surface area contributed by atoms with Crippen molar-refractivity contribution in [1.82, 2.24) is 5.32 Å². The molecule has 0 aliphatic heterocycles. The van der Waals surface area contributed by atoms with Crippen molar-refractivity contribution < 1.29 is 5.11 Å². The van der Waals surface area contributed by atoms with Gasteiger partial charge >= 0.3 is 0 Å². The van der Waals surface area contributed by atoms with Crippen molar-refractivity contribution >= 4 is 11.3 Å². The molecule has 2 rings (SSSR count). The maximum Gasteiger partial charge on any atom is 0.120 e. The van der Waals surface area contributed by atoms with Crippen molar-refractivity contribution in [2.24, 2.45) is 0 Å². The smallest absolute Gasteiger partial charge is 0.120 e. The fourth-order valence-corrected chi connectivity index (χ4v) is 2.87. The van der Waals surface area contributed by atoms with E-state index in [1.165, 1.54) is 5.56 Å². The Labute approximate surface area is 112 Å². The van der Waals surface area contributed by atoms with Gasteiger partial charge in [-0.05, 0) is 48.7 Å². The Morgan fingerprint density at radius 3 is 2.67 bits per heavy atom. The molecule has 2 atom stereocenters. The van der Waals surface area contributed by atoms with Gasteiger partial charge in [-0.3, -0.25) is 0 Å². The lowest BCUT2D eigenvalue weighted by atomic mass is 10.0. The third-order valence-corrected chi connectivity index (χ3v) is 3.79. The lowest BCUT2D eigenvalue weighted by molar-refractivity contribution is 0.433. The van der Waals surface area contributed by atoms with E-state index in [4.69, 9.17) is 0 Å². The summed E-state index contributed by atoms with van der Waals surface area (Å²) in [5.41, 5.74) is 2.32.